The van der Waals surface area contributed by atoms with E-state index in [9.17, 15) is 4.39 Å². The van der Waals surface area contributed by atoms with Crippen LogP contribution >= 0.6 is 0 Å². The fourth-order valence-corrected chi connectivity index (χ4v) is 2.46. The molecule has 2 N–H and O–H groups in total. The first kappa shape index (κ1) is 13.4. The maximum absolute atomic E-state index is 14.0. The number of hydrogen-bond acceptors (Lipinski definition) is 4. The molecule has 0 atom stereocenters. The highest BCUT2D eigenvalue weighted by molar-refractivity contribution is 5.72. The molecule has 6 heteroatoms. The minimum atomic E-state index is -0.305. The Hall–Kier alpha value is -3.28. The Morgan fingerprint density at radius 3 is 2.61 bits per heavy atom. The van der Waals surface area contributed by atoms with Crippen molar-refractivity contribution < 1.29 is 4.39 Å². The van der Waals surface area contributed by atoms with Crippen LogP contribution in [0.5, 0.6) is 0 Å². The summed E-state index contributed by atoms with van der Waals surface area (Å²) in [5.41, 5.74) is 8.39. The molecule has 0 aliphatic carbocycles. The smallest absolute Gasteiger partial charge is 0.200 e. The first-order chi connectivity index (χ1) is 11.2. The number of hydrogen-bond donors (Lipinski definition) is 1. The monoisotopic (exact) mass is 305 g/mol. The average molecular weight is 305 g/mol. The van der Waals surface area contributed by atoms with Crippen molar-refractivity contribution in [1.29, 1.82) is 0 Å². The molecule has 23 heavy (non-hydrogen) atoms. The number of nitrogen functional groups attached to an aromatic ring is 1. The van der Waals surface area contributed by atoms with Gasteiger partial charge in [0, 0.05) is 11.8 Å². The molecule has 112 valence electrons. The van der Waals surface area contributed by atoms with E-state index in [-0.39, 0.29) is 5.82 Å². The first-order valence-electron chi connectivity index (χ1n) is 7.05. The number of fused-ring (bicyclic) bond motifs is 1. The van der Waals surface area contributed by atoms with E-state index in [0.29, 0.717) is 34.1 Å². The van der Waals surface area contributed by atoms with E-state index in [4.69, 9.17) is 5.73 Å². The quantitative estimate of drug-likeness (QED) is 0.617. The fraction of sp³-hybridized carbons (Fsp3) is 0. The van der Waals surface area contributed by atoms with Gasteiger partial charge in [-0.05, 0) is 35.9 Å². The summed E-state index contributed by atoms with van der Waals surface area (Å²) in [6, 6.07) is 15.5. The number of anilines is 1. The van der Waals surface area contributed by atoms with Crippen LogP contribution in [0.15, 0.2) is 60.8 Å². The predicted molar refractivity (Wildman–Crippen MR) is 86.0 cm³/mol. The highest BCUT2D eigenvalue weighted by Gasteiger charge is 2.12. The van der Waals surface area contributed by atoms with Crippen LogP contribution in [0.2, 0.25) is 0 Å². The van der Waals surface area contributed by atoms with Gasteiger partial charge in [-0.1, -0.05) is 24.3 Å². The van der Waals surface area contributed by atoms with E-state index < -0.39 is 0 Å². The second-order valence-electron chi connectivity index (χ2n) is 5.07. The molecule has 5 nitrogen and oxygen atoms in total. The summed E-state index contributed by atoms with van der Waals surface area (Å²) in [6.45, 7) is 0. The number of nitrogens with two attached hydrogens (primary N) is 1. The molecule has 0 unspecified atom stereocenters. The van der Waals surface area contributed by atoms with Gasteiger partial charge in [0.2, 0.25) is 5.82 Å². The molecule has 0 amide bonds. The van der Waals surface area contributed by atoms with Crippen LogP contribution in [0.3, 0.4) is 0 Å². The average Bonchev–Trinajstić information content (AvgIpc) is 3.01. The van der Waals surface area contributed by atoms with E-state index in [1.165, 1.54) is 10.6 Å². The Labute approximate surface area is 131 Å². The predicted octanol–water partition coefficient (Wildman–Crippen LogP) is 3.18. The summed E-state index contributed by atoms with van der Waals surface area (Å²) in [5, 5.41) is 4.36. The van der Waals surface area contributed by atoms with Crippen LogP contribution in [0.1, 0.15) is 0 Å². The Morgan fingerprint density at radius 1 is 1.00 bits per heavy atom. The number of halogens is 1. The van der Waals surface area contributed by atoms with Crippen molar-refractivity contribution in [2.24, 2.45) is 0 Å². The molecule has 1 aromatic carbocycles. The summed E-state index contributed by atoms with van der Waals surface area (Å²) in [7, 11) is 0. The maximum atomic E-state index is 14.0. The minimum Gasteiger partial charge on any atom is -0.384 e. The van der Waals surface area contributed by atoms with Gasteiger partial charge in [-0.25, -0.2) is 9.37 Å². The van der Waals surface area contributed by atoms with E-state index in [1.807, 2.05) is 18.2 Å². The van der Waals surface area contributed by atoms with Crippen molar-refractivity contribution in [2.45, 2.75) is 0 Å². The van der Waals surface area contributed by atoms with Crippen LogP contribution in [0, 0.1) is 5.82 Å². The lowest BCUT2D eigenvalue weighted by molar-refractivity contribution is 0.631. The molecule has 0 saturated carbocycles. The zero-order valence-electron chi connectivity index (χ0n) is 12.0. The van der Waals surface area contributed by atoms with Crippen molar-refractivity contribution in [3.05, 3.63) is 66.6 Å². The Kier molecular flexibility index (Phi) is 3.01. The molecule has 0 aliphatic heterocycles. The number of pyridine rings is 2. The molecule has 4 rings (SSSR count). The normalized spacial score (nSPS) is 11.0. The fourth-order valence-electron chi connectivity index (χ4n) is 2.46. The molecule has 0 spiro atoms. The van der Waals surface area contributed by atoms with Gasteiger partial charge >= 0.3 is 0 Å². The third kappa shape index (κ3) is 2.30. The first-order valence-corrected chi connectivity index (χ1v) is 7.05. The largest absolute Gasteiger partial charge is 0.384 e. The summed E-state index contributed by atoms with van der Waals surface area (Å²) < 4.78 is 15.5. The zero-order chi connectivity index (χ0) is 15.8. The van der Waals surface area contributed by atoms with Crippen molar-refractivity contribution >= 4 is 11.5 Å². The Bertz CT molecular complexity index is 994. The van der Waals surface area contributed by atoms with Crippen LogP contribution in [0.25, 0.3) is 28.3 Å². The summed E-state index contributed by atoms with van der Waals surface area (Å²) in [6.07, 6.45) is 1.68. The van der Waals surface area contributed by atoms with Crippen LogP contribution in [-0.4, -0.2) is 19.6 Å². The highest BCUT2D eigenvalue weighted by atomic mass is 19.1. The van der Waals surface area contributed by atoms with Crippen LogP contribution < -0.4 is 5.73 Å². The number of aromatic nitrogens is 4. The third-order valence-electron chi connectivity index (χ3n) is 3.54. The lowest BCUT2D eigenvalue weighted by atomic mass is 10.1. The molecule has 0 radical (unpaired) electrons. The van der Waals surface area contributed by atoms with Gasteiger partial charge in [0.15, 0.2) is 5.65 Å². The number of benzene rings is 1. The number of rotatable bonds is 2. The van der Waals surface area contributed by atoms with Gasteiger partial charge in [0.25, 0.3) is 0 Å². The van der Waals surface area contributed by atoms with Gasteiger partial charge < -0.3 is 5.73 Å². The molecule has 3 heterocycles. The van der Waals surface area contributed by atoms with E-state index in [1.54, 1.807) is 36.5 Å². The molecule has 0 saturated heterocycles. The zero-order valence-corrected chi connectivity index (χ0v) is 12.0. The third-order valence-corrected chi connectivity index (χ3v) is 3.54. The summed E-state index contributed by atoms with van der Waals surface area (Å²) in [4.78, 5) is 8.68. The molecule has 0 aliphatic rings. The van der Waals surface area contributed by atoms with Crippen molar-refractivity contribution in [2.75, 3.05) is 5.73 Å². The van der Waals surface area contributed by atoms with Crippen molar-refractivity contribution in [3.8, 4) is 22.6 Å². The summed E-state index contributed by atoms with van der Waals surface area (Å²) in [5.74, 6) is 0.555. The van der Waals surface area contributed by atoms with Gasteiger partial charge in [-0.3, -0.25) is 4.98 Å². The molecule has 3 aromatic heterocycles. The van der Waals surface area contributed by atoms with Crippen LogP contribution in [-0.2, 0) is 0 Å². The van der Waals surface area contributed by atoms with Gasteiger partial charge in [-0.2, -0.15) is 4.52 Å². The topological polar surface area (TPSA) is 69.1 Å². The lowest BCUT2D eigenvalue weighted by Crippen LogP contribution is -1.99. The van der Waals surface area contributed by atoms with Gasteiger partial charge in [0.1, 0.15) is 17.3 Å². The van der Waals surface area contributed by atoms with E-state index >= 15 is 0 Å². The molecular weight excluding hydrogens is 293 g/mol. The number of nitrogens with zero attached hydrogens (tertiary/aromatic N) is 4. The SMILES string of the molecule is Nc1cc(-c2ccccc2F)cc2nc(-c3ccccn3)nn12. The minimum absolute atomic E-state index is 0.305. The lowest BCUT2D eigenvalue weighted by Gasteiger charge is -2.05. The maximum Gasteiger partial charge on any atom is 0.200 e. The molecule has 4 aromatic rings. The Balaban J connectivity index is 1.90. The van der Waals surface area contributed by atoms with E-state index in [0.717, 1.165) is 0 Å². The second kappa shape index (κ2) is 5.17. The Morgan fingerprint density at radius 2 is 1.83 bits per heavy atom. The summed E-state index contributed by atoms with van der Waals surface area (Å²) >= 11 is 0. The standard InChI is InChI=1S/C17H12FN5/c18-13-6-2-1-5-12(13)11-9-15(19)23-16(10-11)21-17(22-23)14-7-3-4-8-20-14/h1-10H,19H2. The van der Waals surface area contributed by atoms with E-state index in [2.05, 4.69) is 15.1 Å². The molecule has 0 bridgehead atoms. The second-order valence-corrected chi connectivity index (χ2v) is 5.07. The van der Waals surface area contributed by atoms with Gasteiger partial charge in [0.05, 0.1) is 0 Å². The highest BCUT2D eigenvalue weighted by Crippen LogP contribution is 2.26. The molecular formula is C17H12FN5. The van der Waals surface area contributed by atoms with Crippen molar-refractivity contribution in [3.63, 3.8) is 0 Å². The van der Waals surface area contributed by atoms with Crippen molar-refractivity contribution in [1.82, 2.24) is 19.6 Å². The van der Waals surface area contributed by atoms with Gasteiger partial charge in [-0.15, -0.1) is 5.10 Å². The molecule has 0 fully saturated rings. The van der Waals surface area contributed by atoms with Crippen LogP contribution in [0.4, 0.5) is 10.2 Å².